The van der Waals surface area contributed by atoms with E-state index in [0.717, 1.165) is 6.07 Å². The third-order valence-corrected chi connectivity index (χ3v) is 7.21. The van der Waals surface area contributed by atoms with Gasteiger partial charge in [-0.25, -0.2) is 8.42 Å². The molecular weight excluding hydrogens is 448 g/mol. The normalized spacial score (nSPS) is 15.5. The van der Waals surface area contributed by atoms with Crippen molar-refractivity contribution in [2.45, 2.75) is 31.3 Å². The largest absolute Gasteiger partial charge is 0.435 e. The number of hydrogen-bond donors (Lipinski definition) is 1. The number of non-ortho nitro benzene ring substituents is 1. The van der Waals surface area contributed by atoms with Gasteiger partial charge in [0.1, 0.15) is 5.75 Å². The summed E-state index contributed by atoms with van der Waals surface area (Å²) in [4.78, 5) is 22.8. The van der Waals surface area contributed by atoms with Crippen LogP contribution in [0.15, 0.2) is 47.4 Å². The second-order valence-electron chi connectivity index (χ2n) is 7.28. The topological polar surface area (TPSA) is 119 Å². The second kappa shape index (κ2) is 9.57. The second-order valence-corrected chi connectivity index (χ2v) is 9.18. The van der Waals surface area contributed by atoms with E-state index in [1.165, 1.54) is 40.7 Å². The van der Waals surface area contributed by atoms with Gasteiger partial charge in [0, 0.05) is 36.8 Å². The molecule has 1 saturated heterocycles. The Morgan fingerprint density at radius 1 is 1.19 bits per heavy atom. The Kier molecular flexibility index (Phi) is 7.04. The zero-order valence-corrected chi connectivity index (χ0v) is 17.8. The lowest BCUT2D eigenvalue weighted by molar-refractivity contribution is -0.385. The highest BCUT2D eigenvalue weighted by molar-refractivity contribution is 7.89. The van der Waals surface area contributed by atoms with Crippen molar-refractivity contribution in [3.63, 3.8) is 0 Å². The van der Waals surface area contributed by atoms with Crippen molar-refractivity contribution in [2.24, 2.45) is 5.92 Å². The predicted molar refractivity (Wildman–Crippen MR) is 111 cm³/mol. The maximum Gasteiger partial charge on any atom is 0.387 e. The number of nitrogens with one attached hydrogen (secondary N) is 1. The minimum absolute atomic E-state index is 0.0343. The van der Waals surface area contributed by atoms with Crippen LogP contribution in [0.2, 0.25) is 0 Å². The minimum Gasteiger partial charge on any atom is -0.435 e. The number of nitrogens with zero attached hydrogens (tertiary/aromatic N) is 2. The molecule has 1 aliphatic heterocycles. The van der Waals surface area contributed by atoms with Crippen molar-refractivity contribution < 1.29 is 31.7 Å². The summed E-state index contributed by atoms with van der Waals surface area (Å²) in [6.07, 6.45) is 0.539. The van der Waals surface area contributed by atoms with E-state index in [2.05, 4.69) is 10.1 Å². The van der Waals surface area contributed by atoms with Crippen LogP contribution in [0, 0.1) is 23.0 Å². The molecule has 0 spiro atoms. The van der Waals surface area contributed by atoms with Crippen LogP contribution in [0.5, 0.6) is 5.75 Å². The molecule has 2 aromatic carbocycles. The van der Waals surface area contributed by atoms with Gasteiger partial charge in [0.25, 0.3) is 5.69 Å². The molecule has 1 fully saturated rings. The maximum absolute atomic E-state index is 13.0. The number of nitro benzene ring substituents is 1. The first-order valence-corrected chi connectivity index (χ1v) is 11.1. The van der Waals surface area contributed by atoms with Crippen LogP contribution in [0.4, 0.5) is 20.2 Å². The summed E-state index contributed by atoms with van der Waals surface area (Å²) in [6, 6.07) is 9.15. The number of benzene rings is 2. The van der Waals surface area contributed by atoms with Gasteiger partial charge in [-0.05, 0) is 49.6 Å². The number of amides is 1. The molecule has 0 unspecified atom stereocenters. The van der Waals surface area contributed by atoms with Gasteiger partial charge in [0.2, 0.25) is 15.9 Å². The summed E-state index contributed by atoms with van der Waals surface area (Å²) in [5.41, 5.74) is 0.488. The van der Waals surface area contributed by atoms with Crippen molar-refractivity contribution in [1.82, 2.24) is 4.31 Å². The Morgan fingerprint density at radius 2 is 1.81 bits per heavy atom. The highest BCUT2D eigenvalue weighted by atomic mass is 32.2. The lowest BCUT2D eigenvalue weighted by Gasteiger charge is -2.30. The SMILES string of the molecule is Cc1ccc([N+](=O)[O-])cc1S(=O)(=O)N1CCC(C(=O)Nc2ccc(OC(F)F)cc2)CC1. The van der Waals surface area contributed by atoms with E-state index in [-0.39, 0.29) is 48.2 Å². The third kappa shape index (κ3) is 5.37. The van der Waals surface area contributed by atoms with Crippen molar-refractivity contribution in [3.05, 3.63) is 58.1 Å². The Morgan fingerprint density at radius 3 is 2.38 bits per heavy atom. The van der Waals surface area contributed by atoms with Crippen LogP contribution >= 0.6 is 0 Å². The number of nitro groups is 1. The van der Waals surface area contributed by atoms with E-state index < -0.39 is 27.5 Å². The number of carbonyl (C=O) groups excluding carboxylic acids is 1. The van der Waals surface area contributed by atoms with E-state index in [1.54, 1.807) is 6.92 Å². The molecule has 0 bridgehead atoms. The van der Waals surface area contributed by atoms with Crippen LogP contribution in [0.25, 0.3) is 0 Å². The summed E-state index contributed by atoms with van der Waals surface area (Å²) in [5.74, 6) is -0.784. The average Bonchev–Trinajstić information content (AvgIpc) is 2.75. The highest BCUT2D eigenvalue weighted by Crippen LogP contribution is 2.29. The first-order chi connectivity index (χ1) is 15.1. The molecule has 1 N–H and O–H groups in total. The summed E-state index contributed by atoms with van der Waals surface area (Å²) in [5, 5.41) is 13.7. The van der Waals surface area contributed by atoms with E-state index in [0.29, 0.717) is 11.3 Å². The smallest absolute Gasteiger partial charge is 0.387 e. The first kappa shape index (κ1) is 23.5. The van der Waals surface area contributed by atoms with E-state index in [4.69, 9.17) is 0 Å². The number of rotatable bonds is 7. The Bertz CT molecular complexity index is 1100. The molecule has 0 saturated carbocycles. The molecular formula is C20H21F2N3O6S. The Hall–Kier alpha value is -3.12. The molecule has 0 radical (unpaired) electrons. The maximum atomic E-state index is 13.0. The van der Waals surface area contributed by atoms with Gasteiger partial charge in [0.15, 0.2) is 0 Å². The summed E-state index contributed by atoms with van der Waals surface area (Å²) < 4.78 is 55.9. The molecule has 12 heteroatoms. The van der Waals surface area contributed by atoms with Gasteiger partial charge in [0.05, 0.1) is 9.82 Å². The van der Waals surface area contributed by atoms with Crippen LogP contribution in [-0.2, 0) is 14.8 Å². The molecule has 1 aliphatic rings. The predicted octanol–water partition coefficient (Wildman–Crippen LogP) is 3.54. The van der Waals surface area contributed by atoms with Crippen molar-refractivity contribution >= 4 is 27.3 Å². The number of halogens is 2. The van der Waals surface area contributed by atoms with Crippen molar-refractivity contribution in [3.8, 4) is 5.75 Å². The third-order valence-electron chi connectivity index (χ3n) is 5.17. The standard InChI is InChI=1S/C20H21F2N3O6S/c1-13-2-5-16(25(27)28)12-18(13)32(29,30)24-10-8-14(9-11-24)19(26)23-15-3-6-17(7-4-15)31-20(21)22/h2-7,12,14,20H,8-11H2,1H3,(H,23,26). The number of carbonyl (C=O) groups is 1. The van der Waals surface area contributed by atoms with E-state index in [9.17, 15) is 32.1 Å². The fourth-order valence-electron chi connectivity index (χ4n) is 3.44. The number of ether oxygens (including phenoxy) is 1. The summed E-state index contributed by atoms with van der Waals surface area (Å²) in [7, 11) is -3.95. The summed E-state index contributed by atoms with van der Waals surface area (Å²) >= 11 is 0. The fourth-order valence-corrected chi connectivity index (χ4v) is 5.16. The van der Waals surface area contributed by atoms with Crippen LogP contribution < -0.4 is 10.1 Å². The van der Waals surface area contributed by atoms with Gasteiger partial charge in [-0.15, -0.1) is 0 Å². The number of sulfonamides is 1. The molecule has 172 valence electrons. The molecule has 1 heterocycles. The molecule has 2 aromatic rings. The number of anilines is 1. The molecule has 32 heavy (non-hydrogen) atoms. The molecule has 9 nitrogen and oxygen atoms in total. The first-order valence-electron chi connectivity index (χ1n) is 9.69. The Balaban J connectivity index is 1.62. The van der Waals surface area contributed by atoms with Gasteiger partial charge < -0.3 is 10.1 Å². The summed E-state index contributed by atoms with van der Waals surface area (Å²) in [6.45, 7) is -1.20. The van der Waals surface area contributed by atoms with Crippen molar-refractivity contribution in [2.75, 3.05) is 18.4 Å². The molecule has 3 rings (SSSR count). The van der Waals surface area contributed by atoms with Crippen LogP contribution in [0.1, 0.15) is 18.4 Å². The van der Waals surface area contributed by atoms with E-state index in [1.807, 2.05) is 0 Å². The van der Waals surface area contributed by atoms with Crippen molar-refractivity contribution in [1.29, 1.82) is 0 Å². The van der Waals surface area contributed by atoms with Gasteiger partial charge in [-0.1, -0.05) is 6.07 Å². The number of aryl methyl sites for hydroxylation is 1. The van der Waals surface area contributed by atoms with Gasteiger partial charge in [-0.3, -0.25) is 14.9 Å². The zero-order valence-electron chi connectivity index (χ0n) is 17.0. The lowest BCUT2D eigenvalue weighted by Crippen LogP contribution is -2.41. The van der Waals surface area contributed by atoms with Crippen LogP contribution in [-0.4, -0.2) is 43.3 Å². The molecule has 0 aromatic heterocycles. The highest BCUT2D eigenvalue weighted by Gasteiger charge is 2.33. The fraction of sp³-hybridized carbons (Fsp3) is 0.350. The van der Waals surface area contributed by atoms with Crippen LogP contribution in [0.3, 0.4) is 0 Å². The molecule has 0 atom stereocenters. The number of piperidine rings is 1. The van der Waals surface area contributed by atoms with Gasteiger partial charge >= 0.3 is 6.61 Å². The molecule has 0 aliphatic carbocycles. The average molecular weight is 469 g/mol. The lowest BCUT2D eigenvalue weighted by atomic mass is 9.97. The van der Waals surface area contributed by atoms with Gasteiger partial charge in [-0.2, -0.15) is 13.1 Å². The minimum atomic E-state index is -3.95. The quantitative estimate of drug-likeness (QED) is 0.489. The number of alkyl halides is 2. The molecule has 1 amide bonds. The van der Waals surface area contributed by atoms with E-state index >= 15 is 0 Å². The zero-order chi connectivity index (χ0) is 23.5. The number of hydrogen-bond acceptors (Lipinski definition) is 6. The monoisotopic (exact) mass is 469 g/mol. The Labute approximate surface area is 183 Å².